The highest BCUT2D eigenvalue weighted by molar-refractivity contribution is 6.93. The summed E-state index contributed by atoms with van der Waals surface area (Å²) in [6.45, 7) is -1.49. The number of carbonyl (C=O) groups is 1. The first-order chi connectivity index (χ1) is 11.6. The molecule has 0 saturated carbocycles. The van der Waals surface area contributed by atoms with E-state index in [2.05, 4.69) is 0 Å². The van der Waals surface area contributed by atoms with Crippen molar-refractivity contribution in [1.82, 2.24) is 0 Å². The third-order valence-electron chi connectivity index (χ3n) is 4.35. The van der Waals surface area contributed by atoms with Gasteiger partial charge in [0.25, 0.3) is 0 Å². The van der Waals surface area contributed by atoms with Crippen molar-refractivity contribution in [2.24, 2.45) is 0 Å². The van der Waals surface area contributed by atoms with Crippen LogP contribution in [0.25, 0.3) is 11.3 Å². The molecule has 0 unspecified atom stereocenters. The first-order valence-electron chi connectivity index (χ1n) is 7.83. The van der Waals surface area contributed by atoms with Crippen molar-refractivity contribution in [1.29, 1.82) is 0 Å². The molecule has 0 saturated heterocycles. The molecule has 4 rings (SSSR count). The number of carbonyl (C=O) groups excluding carboxylic acids is 1. The average molecular weight is 319 g/mol. The maximum atomic E-state index is 15.9. The molecule has 2 heterocycles. The van der Waals surface area contributed by atoms with E-state index in [-0.39, 0.29) is 0 Å². The van der Waals surface area contributed by atoms with E-state index in [1.54, 1.807) is 54.7 Å². The van der Waals surface area contributed by atoms with Gasteiger partial charge in [-0.1, -0.05) is 48.0 Å². The molecule has 0 aliphatic carbocycles. The molecule has 0 bridgehead atoms. The zero-order valence-electron chi connectivity index (χ0n) is 13.1. The molecule has 2 aromatic carbocycles. The summed E-state index contributed by atoms with van der Waals surface area (Å²) in [4.78, 5) is 12.9. The molecule has 24 heavy (non-hydrogen) atoms. The average Bonchev–Trinajstić information content (AvgIpc) is 2.62. The maximum Gasteiger partial charge on any atom is 0.704 e. The molecule has 1 aromatic heterocycles. The van der Waals surface area contributed by atoms with E-state index in [1.807, 2.05) is 25.1 Å². The third kappa shape index (κ3) is 2.13. The number of aryl methyl sites for hydroxylation is 1. The van der Waals surface area contributed by atoms with Crippen molar-refractivity contribution in [3.63, 3.8) is 0 Å². The molecule has 118 valence electrons. The van der Waals surface area contributed by atoms with E-state index in [4.69, 9.17) is 4.65 Å². The number of hydrogen-bond acceptors (Lipinski definition) is 2. The minimum atomic E-state index is -3.41. The lowest BCUT2D eigenvalue weighted by Gasteiger charge is -2.33. The van der Waals surface area contributed by atoms with Gasteiger partial charge in [-0.05, 0) is 30.7 Å². The van der Waals surface area contributed by atoms with Crippen molar-refractivity contribution in [3.05, 3.63) is 84.1 Å². The lowest BCUT2D eigenvalue weighted by molar-refractivity contribution is -0.554. The number of pyridine rings is 1. The predicted molar refractivity (Wildman–Crippen MR) is 90.5 cm³/mol. The molecule has 5 heteroatoms. The Morgan fingerprint density at radius 3 is 2.50 bits per heavy atom. The highest BCUT2D eigenvalue weighted by atomic mass is 19.1. The number of rotatable bonds is 2. The predicted octanol–water partition coefficient (Wildman–Crippen LogP) is 3.52. The van der Waals surface area contributed by atoms with Gasteiger partial charge in [-0.3, -0.25) is 0 Å². The lowest BCUT2D eigenvalue weighted by Crippen LogP contribution is -2.73. The SMILES string of the molecule is Cc1ccc(C(=O)[B@-]2(F)Oc3ccccc3-c3cccc[n+]32)cc1. The van der Waals surface area contributed by atoms with Crippen LogP contribution in [0, 0.1) is 6.92 Å². The number of para-hydroxylation sites is 1. The van der Waals surface area contributed by atoms with E-state index in [0.717, 1.165) is 11.1 Å². The molecule has 1 aliphatic rings. The second-order valence-corrected chi connectivity index (χ2v) is 5.99. The molecular weight excluding hydrogens is 304 g/mol. The van der Waals surface area contributed by atoms with Crippen LogP contribution in [0.5, 0.6) is 5.75 Å². The van der Waals surface area contributed by atoms with Gasteiger partial charge in [0.2, 0.25) is 0 Å². The molecule has 1 atom stereocenters. The van der Waals surface area contributed by atoms with Gasteiger partial charge in [0.15, 0.2) is 11.4 Å². The Morgan fingerprint density at radius 1 is 1.00 bits per heavy atom. The normalized spacial score (nSPS) is 18.2. The van der Waals surface area contributed by atoms with E-state index >= 15 is 4.32 Å². The number of halogens is 1. The van der Waals surface area contributed by atoms with Crippen LogP contribution in [0.2, 0.25) is 0 Å². The molecular formula is C19H15BFNO2. The minimum absolute atomic E-state index is 0.296. The van der Waals surface area contributed by atoms with E-state index in [1.165, 1.54) is 4.48 Å². The lowest BCUT2D eigenvalue weighted by atomic mass is 9.65. The first-order valence-corrected chi connectivity index (χ1v) is 7.83. The molecule has 1 aliphatic heterocycles. The van der Waals surface area contributed by atoms with Crippen LogP contribution in [0.1, 0.15) is 15.9 Å². The van der Waals surface area contributed by atoms with Crippen LogP contribution >= 0.6 is 0 Å². The second-order valence-electron chi connectivity index (χ2n) is 5.99. The smallest absolute Gasteiger partial charge is 0.624 e. The van der Waals surface area contributed by atoms with Gasteiger partial charge >= 0.3 is 6.76 Å². The minimum Gasteiger partial charge on any atom is -0.624 e. The van der Waals surface area contributed by atoms with Crippen LogP contribution in [-0.4, -0.2) is 12.4 Å². The Bertz CT molecular complexity index is 942. The summed E-state index contributed by atoms with van der Waals surface area (Å²) in [5.41, 5.74) is 2.04. The highest BCUT2D eigenvalue weighted by Gasteiger charge is 2.55. The largest absolute Gasteiger partial charge is 0.704 e. The number of fused-ring (bicyclic) bond motifs is 3. The summed E-state index contributed by atoms with van der Waals surface area (Å²) in [6.07, 6.45) is 1.55. The Kier molecular flexibility index (Phi) is 3.23. The van der Waals surface area contributed by atoms with Gasteiger partial charge in [-0.25, -0.2) is 0 Å². The Morgan fingerprint density at radius 2 is 1.71 bits per heavy atom. The second kappa shape index (κ2) is 5.30. The van der Waals surface area contributed by atoms with Crippen LogP contribution < -0.4 is 9.13 Å². The maximum absolute atomic E-state index is 15.9. The molecule has 0 radical (unpaired) electrons. The van der Waals surface area contributed by atoms with Crippen molar-refractivity contribution in [3.8, 4) is 17.0 Å². The fraction of sp³-hybridized carbons (Fsp3) is 0.0526. The summed E-state index contributed by atoms with van der Waals surface area (Å²) in [7, 11) is 0. The molecule has 3 aromatic rings. The summed E-state index contributed by atoms with van der Waals surface area (Å²) in [5, 5.41) is 0. The summed E-state index contributed by atoms with van der Waals surface area (Å²) >= 11 is 0. The van der Waals surface area contributed by atoms with Gasteiger partial charge in [-0.2, -0.15) is 0 Å². The van der Waals surface area contributed by atoms with Gasteiger partial charge in [0.05, 0.1) is 11.3 Å². The van der Waals surface area contributed by atoms with Gasteiger partial charge in [0.1, 0.15) is 6.20 Å². The quantitative estimate of drug-likeness (QED) is 0.677. The molecule has 0 amide bonds. The van der Waals surface area contributed by atoms with Crippen molar-refractivity contribution in [2.75, 3.05) is 0 Å². The number of benzene rings is 2. The van der Waals surface area contributed by atoms with E-state index in [0.29, 0.717) is 17.0 Å². The highest BCUT2D eigenvalue weighted by Crippen LogP contribution is 2.34. The standard InChI is InChI=1S/C19H15BFNO2/c1-14-9-11-15(12-10-14)19(23)20(21)22-13-5-4-7-17(22)16-6-2-3-8-18(16)24-20/h2-13H,1H3/t20-/m1/s1. The third-order valence-corrected chi connectivity index (χ3v) is 4.35. The van der Waals surface area contributed by atoms with Gasteiger partial charge in [-0.15, -0.1) is 0 Å². The number of nitrogens with zero attached hydrogens (tertiary/aromatic N) is 1. The van der Waals surface area contributed by atoms with E-state index in [9.17, 15) is 4.79 Å². The zero-order valence-corrected chi connectivity index (χ0v) is 13.1. The summed E-state index contributed by atoms with van der Waals surface area (Å²) < 4.78 is 22.8. The van der Waals surface area contributed by atoms with Crippen LogP contribution in [0.4, 0.5) is 4.32 Å². The van der Waals surface area contributed by atoms with Gasteiger partial charge in [0, 0.05) is 6.07 Å². The van der Waals surface area contributed by atoms with Crippen LogP contribution in [-0.2, 0) is 0 Å². The molecule has 0 N–H and O–H groups in total. The first kappa shape index (κ1) is 14.6. The Labute approximate surface area is 139 Å². The van der Waals surface area contributed by atoms with Crippen molar-refractivity contribution in [2.45, 2.75) is 6.92 Å². The molecule has 0 fully saturated rings. The molecule has 0 spiro atoms. The summed E-state index contributed by atoms with van der Waals surface area (Å²) in [6, 6.07) is 19.3. The van der Waals surface area contributed by atoms with Crippen LogP contribution in [0.3, 0.4) is 0 Å². The van der Waals surface area contributed by atoms with Crippen LogP contribution in [0.15, 0.2) is 72.9 Å². The number of hydrogen-bond donors (Lipinski definition) is 0. The Hall–Kier alpha value is -2.95. The molecule has 3 nitrogen and oxygen atoms in total. The fourth-order valence-corrected chi connectivity index (χ4v) is 3.08. The fourth-order valence-electron chi connectivity index (χ4n) is 3.08. The summed E-state index contributed by atoms with van der Waals surface area (Å²) in [5.74, 6) is 0.381. The van der Waals surface area contributed by atoms with E-state index < -0.39 is 12.4 Å². The van der Waals surface area contributed by atoms with Crippen molar-refractivity contribution >= 4 is 12.4 Å². The van der Waals surface area contributed by atoms with Crippen molar-refractivity contribution < 1.29 is 18.2 Å². The topological polar surface area (TPSA) is 30.2 Å². The Balaban J connectivity index is 1.89. The number of aromatic nitrogens is 1. The monoisotopic (exact) mass is 319 g/mol. The zero-order chi connectivity index (χ0) is 16.7. The van der Waals surface area contributed by atoms with Gasteiger partial charge < -0.3 is 18.2 Å².